The van der Waals surface area contributed by atoms with Crippen molar-refractivity contribution < 1.29 is 9.47 Å². The average Bonchev–Trinajstić information content (AvgIpc) is 2.86. The molecule has 0 fully saturated rings. The minimum atomic E-state index is 0.589. The molecule has 0 aliphatic rings. The standard InChI is InChI=1S/C15H21N3O2/c1-18-11-12(10-17-18)6-8-20-15-4-3-14(19-2)9-13(15)5-7-16/h3-4,9-11H,5-8,16H2,1-2H3. The van der Waals surface area contributed by atoms with Crippen molar-refractivity contribution in [2.45, 2.75) is 12.8 Å². The monoisotopic (exact) mass is 275 g/mol. The third kappa shape index (κ3) is 3.74. The smallest absolute Gasteiger partial charge is 0.122 e. The second-order valence-corrected chi connectivity index (χ2v) is 4.63. The molecule has 0 aliphatic carbocycles. The summed E-state index contributed by atoms with van der Waals surface area (Å²) in [6.07, 6.45) is 5.47. The van der Waals surface area contributed by atoms with E-state index in [9.17, 15) is 0 Å². The van der Waals surface area contributed by atoms with Gasteiger partial charge in [-0.15, -0.1) is 0 Å². The Labute approximate surface area is 119 Å². The predicted molar refractivity (Wildman–Crippen MR) is 78.2 cm³/mol. The zero-order valence-corrected chi connectivity index (χ0v) is 12.0. The van der Waals surface area contributed by atoms with Gasteiger partial charge in [0.2, 0.25) is 0 Å². The van der Waals surface area contributed by atoms with Gasteiger partial charge in [0.1, 0.15) is 11.5 Å². The van der Waals surface area contributed by atoms with Crippen LogP contribution >= 0.6 is 0 Å². The summed E-state index contributed by atoms with van der Waals surface area (Å²) >= 11 is 0. The Balaban J connectivity index is 1.97. The Kier molecular flexibility index (Phi) is 5.01. The van der Waals surface area contributed by atoms with Crippen LogP contribution in [0.15, 0.2) is 30.6 Å². The fraction of sp³-hybridized carbons (Fsp3) is 0.400. The highest BCUT2D eigenvalue weighted by atomic mass is 16.5. The summed E-state index contributed by atoms with van der Waals surface area (Å²) in [5.74, 6) is 1.70. The van der Waals surface area contributed by atoms with Crippen LogP contribution in [-0.2, 0) is 19.9 Å². The minimum absolute atomic E-state index is 0.589. The van der Waals surface area contributed by atoms with Gasteiger partial charge in [0.15, 0.2) is 0 Å². The van der Waals surface area contributed by atoms with Gasteiger partial charge in [0, 0.05) is 19.7 Å². The number of rotatable bonds is 7. The average molecular weight is 275 g/mol. The molecule has 1 aromatic carbocycles. The topological polar surface area (TPSA) is 62.3 Å². The number of nitrogens with two attached hydrogens (primary N) is 1. The Bertz CT molecular complexity index is 552. The van der Waals surface area contributed by atoms with E-state index >= 15 is 0 Å². The van der Waals surface area contributed by atoms with Gasteiger partial charge in [-0.05, 0) is 42.3 Å². The maximum Gasteiger partial charge on any atom is 0.122 e. The van der Waals surface area contributed by atoms with E-state index in [1.807, 2.05) is 37.6 Å². The molecule has 0 spiro atoms. The lowest BCUT2D eigenvalue weighted by Gasteiger charge is -2.12. The molecule has 20 heavy (non-hydrogen) atoms. The molecule has 5 heteroatoms. The van der Waals surface area contributed by atoms with Crippen LogP contribution in [0.4, 0.5) is 0 Å². The highest BCUT2D eigenvalue weighted by molar-refractivity contribution is 5.40. The largest absolute Gasteiger partial charge is 0.497 e. The lowest BCUT2D eigenvalue weighted by Crippen LogP contribution is -2.07. The lowest BCUT2D eigenvalue weighted by molar-refractivity contribution is 0.317. The Morgan fingerprint density at radius 1 is 1.30 bits per heavy atom. The van der Waals surface area contributed by atoms with Crippen LogP contribution in [0.5, 0.6) is 11.5 Å². The van der Waals surface area contributed by atoms with Crippen molar-refractivity contribution in [3.63, 3.8) is 0 Å². The first kappa shape index (κ1) is 14.4. The van der Waals surface area contributed by atoms with Crippen LogP contribution in [0.3, 0.4) is 0 Å². The van der Waals surface area contributed by atoms with Crippen LogP contribution < -0.4 is 15.2 Å². The Morgan fingerprint density at radius 2 is 2.15 bits per heavy atom. The van der Waals surface area contributed by atoms with Gasteiger partial charge < -0.3 is 15.2 Å². The molecule has 2 rings (SSSR count). The zero-order chi connectivity index (χ0) is 14.4. The van der Waals surface area contributed by atoms with Gasteiger partial charge in [0.25, 0.3) is 0 Å². The first-order valence-electron chi connectivity index (χ1n) is 6.70. The number of benzene rings is 1. The van der Waals surface area contributed by atoms with Gasteiger partial charge in [-0.1, -0.05) is 0 Å². The summed E-state index contributed by atoms with van der Waals surface area (Å²) in [6, 6.07) is 5.82. The summed E-state index contributed by atoms with van der Waals surface area (Å²) in [6.45, 7) is 1.21. The van der Waals surface area contributed by atoms with Crippen molar-refractivity contribution in [2.75, 3.05) is 20.3 Å². The molecule has 5 nitrogen and oxygen atoms in total. The molecule has 108 valence electrons. The van der Waals surface area contributed by atoms with E-state index in [2.05, 4.69) is 5.10 Å². The third-order valence-corrected chi connectivity index (χ3v) is 3.09. The molecule has 0 saturated carbocycles. The van der Waals surface area contributed by atoms with Crippen molar-refractivity contribution in [1.29, 1.82) is 0 Å². The van der Waals surface area contributed by atoms with E-state index < -0.39 is 0 Å². The minimum Gasteiger partial charge on any atom is -0.497 e. The molecule has 1 heterocycles. The highest BCUT2D eigenvalue weighted by Crippen LogP contribution is 2.24. The van der Waals surface area contributed by atoms with Gasteiger partial charge in [-0.3, -0.25) is 4.68 Å². The molecule has 0 unspecified atom stereocenters. The fourth-order valence-electron chi connectivity index (χ4n) is 2.05. The molecule has 0 radical (unpaired) electrons. The summed E-state index contributed by atoms with van der Waals surface area (Å²) in [5, 5.41) is 4.14. The molecular formula is C15H21N3O2. The predicted octanol–water partition coefficient (Wildman–Crippen LogP) is 1.55. The zero-order valence-electron chi connectivity index (χ0n) is 12.0. The van der Waals surface area contributed by atoms with E-state index in [4.69, 9.17) is 15.2 Å². The number of nitrogens with zero attached hydrogens (tertiary/aromatic N) is 2. The first-order valence-corrected chi connectivity index (χ1v) is 6.70. The molecule has 1 aromatic heterocycles. The van der Waals surface area contributed by atoms with E-state index in [-0.39, 0.29) is 0 Å². The fourth-order valence-corrected chi connectivity index (χ4v) is 2.05. The second kappa shape index (κ2) is 6.96. The lowest BCUT2D eigenvalue weighted by atomic mass is 10.1. The maximum atomic E-state index is 5.85. The normalized spacial score (nSPS) is 10.6. The molecule has 2 aromatic rings. The van der Waals surface area contributed by atoms with Crippen molar-refractivity contribution in [3.05, 3.63) is 41.7 Å². The van der Waals surface area contributed by atoms with E-state index in [0.29, 0.717) is 13.2 Å². The molecule has 0 bridgehead atoms. The SMILES string of the molecule is COc1ccc(OCCc2cnn(C)c2)c(CCN)c1. The summed E-state index contributed by atoms with van der Waals surface area (Å²) in [4.78, 5) is 0. The van der Waals surface area contributed by atoms with Crippen molar-refractivity contribution in [2.24, 2.45) is 12.8 Å². The maximum absolute atomic E-state index is 5.85. The first-order chi connectivity index (χ1) is 9.72. The van der Waals surface area contributed by atoms with E-state index in [0.717, 1.165) is 29.9 Å². The van der Waals surface area contributed by atoms with E-state index in [1.54, 1.807) is 11.8 Å². The Hall–Kier alpha value is -2.01. The van der Waals surface area contributed by atoms with Crippen LogP contribution in [0.2, 0.25) is 0 Å². The van der Waals surface area contributed by atoms with Crippen molar-refractivity contribution >= 4 is 0 Å². The van der Waals surface area contributed by atoms with Crippen molar-refractivity contribution in [3.8, 4) is 11.5 Å². The summed E-state index contributed by atoms with van der Waals surface area (Å²) in [7, 11) is 3.57. The number of hydrogen-bond acceptors (Lipinski definition) is 4. The van der Waals surface area contributed by atoms with Crippen LogP contribution in [-0.4, -0.2) is 30.0 Å². The molecular weight excluding hydrogens is 254 g/mol. The molecule has 0 amide bonds. The second-order valence-electron chi connectivity index (χ2n) is 4.63. The molecule has 0 aliphatic heterocycles. The van der Waals surface area contributed by atoms with Crippen LogP contribution in [0.25, 0.3) is 0 Å². The van der Waals surface area contributed by atoms with Gasteiger partial charge in [-0.25, -0.2) is 0 Å². The van der Waals surface area contributed by atoms with Crippen LogP contribution in [0.1, 0.15) is 11.1 Å². The van der Waals surface area contributed by atoms with Crippen LogP contribution in [0, 0.1) is 0 Å². The molecule has 0 saturated heterocycles. The number of aromatic nitrogens is 2. The van der Waals surface area contributed by atoms with E-state index in [1.165, 1.54) is 5.56 Å². The number of methoxy groups -OCH3 is 1. The molecule has 0 atom stereocenters. The van der Waals surface area contributed by atoms with Gasteiger partial charge >= 0.3 is 0 Å². The number of hydrogen-bond donors (Lipinski definition) is 1. The summed E-state index contributed by atoms with van der Waals surface area (Å²) < 4.78 is 12.9. The number of aryl methyl sites for hydroxylation is 1. The quantitative estimate of drug-likeness (QED) is 0.833. The van der Waals surface area contributed by atoms with Gasteiger partial charge in [0.05, 0.1) is 19.9 Å². The highest BCUT2D eigenvalue weighted by Gasteiger charge is 2.06. The third-order valence-electron chi connectivity index (χ3n) is 3.09. The Morgan fingerprint density at radius 3 is 2.80 bits per heavy atom. The van der Waals surface area contributed by atoms with Crippen molar-refractivity contribution in [1.82, 2.24) is 9.78 Å². The van der Waals surface area contributed by atoms with Gasteiger partial charge in [-0.2, -0.15) is 5.10 Å². The summed E-state index contributed by atoms with van der Waals surface area (Å²) in [5.41, 5.74) is 7.89. The molecule has 2 N–H and O–H groups in total. The number of ether oxygens (including phenoxy) is 2.